The van der Waals surface area contributed by atoms with Gasteiger partial charge in [-0.1, -0.05) is 23.7 Å². The van der Waals surface area contributed by atoms with Gasteiger partial charge >= 0.3 is 7.48 Å². The molecule has 157 valence electrons. The number of nitrogens with zero attached hydrogens (tertiary/aromatic N) is 1. The number of rotatable bonds is 6. The van der Waals surface area contributed by atoms with Gasteiger partial charge in [0.15, 0.2) is 0 Å². The molecular weight excluding hydrogens is 377 g/mol. The SMILES string of the molecule is CC(C)(O)C(C)(C)O[B]c1cccc(N2CCOc3cc(C4CC4)ccc3C2=O)c1. The Kier molecular flexibility index (Phi) is 5.41. The Bertz CT molecular complexity index is 946. The van der Waals surface area contributed by atoms with E-state index in [4.69, 9.17) is 9.39 Å². The van der Waals surface area contributed by atoms with Gasteiger partial charge in [0.1, 0.15) is 12.4 Å². The molecule has 0 unspecified atom stereocenters. The maximum absolute atomic E-state index is 13.3. The van der Waals surface area contributed by atoms with Gasteiger partial charge in [0, 0.05) is 5.69 Å². The van der Waals surface area contributed by atoms with Gasteiger partial charge in [0.25, 0.3) is 5.91 Å². The van der Waals surface area contributed by atoms with Gasteiger partial charge in [0.05, 0.1) is 23.3 Å². The molecule has 0 saturated heterocycles. The lowest BCUT2D eigenvalue weighted by Gasteiger charge is -2.37. The first kappa shape index (κ1) is 20.9. The monoisotopic (exact) mass is 406 g/mol. The lowest BCUT2D eigenvalue weighted by molar-refractivity contribution is -0.0893. The van der Waals surface area contributed by atoms with Crippen molar-refractivity contribution in [1.82, 2.24) is 0 Å². The van der Waals surface area contributed by atoms with Crippen LogP contribution in [0, 0.1) is 0 Å². The second-order valence-corrected chi connectivity index (χ2v) is 9.24. The van der Waals surface area contributed by atoms with Crippen molar-refractivity contribution < 1.29 is 19.3 Å². The lowest BCUT2D eigenvalue weighted by atomic mass is 9.82. The molecular formula is C24H29BNO4. The van der Waals surface area contributed by atoms with Crippen molar-refractivity contribution in [2.24, 2.45) is 0 Å². The molecule has 30 heavy (non-hydrogen) atoms. The summed E-state index contributed by atoms with van der Waals surface area (Å²) in [6.07, 6.45) is 2.43. The zero-order chi connectivity index (χ0) is 21.5. The van der Waals surface area contributed by atoms with Crippen molar-refractivity contribution in [3.05, 3.63) is 53.6 Å². The average Bonchev–Trinajstić information content (AvgIpc) is 3.54. The van der Waals surface area contributed by atoms with E-state index < -0.39 is 11.2 Å². The summed E-state index contributed by atoms with van der Waals surface area (Å²) in [5, 5.41) is 10.3. The number of hydrogen-bond acceptors (Lipinski definition) is 4. The van der Waals surface area contributed by atoms with E-state index in [9.17, 15) is 9.90 Å². The summed E-state index contributed by atoms with van der Waals surface area (Å²) in [6.45, 7) is 8.05. The number of ether oxygens (including phenoxy) is 1. The van der Waals surface area contributed by atoms with Gasteiger partial charge in [-0.05, 0) is 76.3 Å². The number of fused-ring (bicyclic) bond motifs is 1. The molecule has 1 aliphatic carbocycles. The Morgan fingerprint density at radius 3 is 2.60 bits per heavy atom. The van der Waals surface area contributed by atoms with Crippen molar-refractivity contribution in [2.45, 2.75) is 57.7 Å². The molecule has 0 bridgehead atoms. The Labute approximate surface area is 179 Å². The van der Waals surface area contributed by atoms with Crippen molar-refractivity contribution in [3.63, 3.8) is 0 Å². The summed E-state index contributed by atoms with van der Waals surface area (Å²) < 4.78 is 11.8. The van der Waals surface area contributed by atoms with E-state index in [1.807, 2.05) is 50.2 Å². The Balaban J connectivity index is 1.54. The van der Waals surface area contributed by atoms with Gasteiger partial charge in [-0.3, -0.25) is 4.79 Å². The van der Waals surface area contributed by atoms with Gasteiger partial charge in [-0.25, -0.2) is 0 Å². The third kappa shape index (κ3) is 4.25. The molecule has 1 heterocycles. The first-order valence-corrected chi connectivity index (χ1v) is 10.6. The predicted octanol–water partition coefficient (Wildman–Crippen LogP) is 3.41. The second-order valence-electron chi connectivity index (χ2n) is 9.24. The Hall–Kier alpha value is -2.31. The van der Waals surface area contributed by atoms with E-state index in [1.54, 1.807) is 26.2 Å². The van der Waals surface area contributed by atoms with E-state index in [2.05, 4.69) is 6.07 Å². The first-order chi connectivity index (χ1) is 14.2. The molecule has 1 saturated carbocycles. The quantitative estimate of drug-likeness (QED) is 0.747. The number of amides is 1. The van der Waals surface area contributed by atoms with Gasteiger partial charge < -0.3 is 19.4 Å². The third-order valence-electron chi connectivity index (χ3n) is 6.25. The molecule has 5 nitrogen and oxygen atoms in total. The van der Waals surface area contributed by atoms with E-state index >= 15 is 0 Å². The standard InChI is InChI=1S/C24H29BNO4/c1-23(2,28)24(3,4)30-25-18-6-5-7-19(15-18)26-12-13-29-21-14-17(16-8-9-16)10-11-20(21)22(26)27/h5-7,10-11,14-16,28H,8-9,12-13H2,1-4H3. The molecule has 6 heteroatoms. The molecule has 1 fully saturated rings. The minimum atomic E-state index is -0.998. The zero-order valence-corrected chi connectivity index (χ0v) is 18.1. The smallest absolute Gasteiger partial charge is 0.330 e. The minimum absolute atomic E-state index is 0.0558. The van der Waals surface area contributed by atoms with Gasteiger partial charge in [0.2, 0.25) is 0 Å². The van der Waals surface area contributed by atoms with Crippen LogP contribution in [-0.2, 0) is 4.65 Å². The summed E-state index contributed by atoms with van der Waals surface area (Å²) in [7, 11) is 1.64. The van der Waals surface area contributed by atoms with Crippen LogP contribution >= 0.6 is 0 Å². The molecule has 0 spiro atoms. The average molecular weight is 406 g/mol. The lowest BCUT2D eigenvalue weighted by Crippen LogP contribution is -2.49. The molecule has 1 amide bonds. The number of carbonyl (C=O) groups excluding carboxylic acids is 1. The molecule has 1 radical (unpaired) electrons. The van der Waals surface area contributed by atoms with Crippen LogP contribution in [-0.4, -0.2) is 42.8 Å². The van der Waals surface area contributed by atoms with E-state index in [0.29, 0.717) is 30.4 Å². The van der Waals surface area contributed by atoms with Crippen molar-refractivity contribution in [3.8, 4) is 5.75 Å². The van der Waals surface area contributed by atoms with Crippen LogP contribution < -0.4 is 15.1 Å². The Morgan fingerprint density at radius 2 is 1.90 bits per heavy atom. The molecule has 0 aromatic heterocycles. The molecule has 1 N–H and O–H groups in total. The minimum Gasteiger partial charge on any atom is -0.491 e. The molecule has 2 aliphatic rings. The molecule has 2 aromatic rings. The summed E-state index contributed by atoms with van der Waals surface area (Å²) in [5.41, 5.74) is 1.73. The second kappa shape index (κ2) is 7.75. The van der Waals surface area contributed by atoms with Crippen LogP contribution in [0.2, 0.25) is 0 Å². The third-order valence-corrected chi connectivity index (χ3v) is 6.25. The molecule has 1 aliphatic heterocycles. The van der Waals surface area contributed by atoms with Crippen LogP contribution in [0.5, 0.6) is 5.75 Å². The maximum Gasteiger partial charge on any atom is 0.330 e. The highest BCUT2D eigenvalue weighted by molar-refractivity contribution is 6.47. The van der Waals surface area contributed by atoms with E-state index in [1.165, 1.54) is 18.4 Å². The summed E-state index contributed by atoms with van der Waals surface area (Å²) in [5.74, 6) is 1.25. The van der Waals surface area contributed by atoms with Gasteiger partial charge in [-0.2, -0.15) is 0 Å². The highest BCUT2D eigenvalue weighted by Crippen LogP contribution is 2.42. The normalized spacial score (nSPS) is 17.2. The van der Waals surface area contributed by atoms with Crippen molar-refractivity contribution in [1.29, 1.82) is 0 Å². The first-order valence-electron chi connectivity index (χ1n) is 10.6. The molecule has 2 aromatic carbocycles. The van der Waals surface area contributed by atoms with Crippen LogP contribution in [0.1, 0.15) is 62.4 Å². The van der Waals surface area contributed by atoms with Crippen LogP contribution in [0.15, 0.2) is 42.5 Å². The number of benzene rings is 2. The fraction of sp³-hybridized carbons (Fsp3) is 0.458. The molecule has 4 rings (SSSR count). The van der Waals surface area contributed by atoms with Crippen molar-refractivity contribution >= 4 is 24.5 Å². The van der Waals surface area contributed by atoms with Gasteiger partial charge in [-0.15, -0.1) is 0 Å². The zero-order valence-electron chi connectivity index (χ0n) is 18.1. The summed E-state index contributed by atoms with van der Waals surface area (Å²) in [4.78, 5) is 15.0. The van der Waals surface area contributed by atoms with E-state index in [-0.39, 0.29) is 5.91 Å². The van der Waals surface area contributed by atoms with Crippen molar-refractivity contribution in [2.75, 3.05) is 18.1 Å². The van der Waals surface area contributed by atoms with Crippen LogP contribution in [0.4, 0.5) is 5.69 Å². The molecule has 0 atom stereocenters. The highest BCUT2D eigenvalue weighted by atomic mass is 16.5. The number of hydrogen-bond donors (Lipinski definition) is 1. The highest BCUT2D eigenvalue weighted by Gasteiger charge is 2.36. The number of anilines is 1. The Morgan fingerprint density at radius 1 is 1.13 bits per heavy atom. The number of aliphatic hydroxyl groups is 1. The summed E-state index contributed by atoms with van der Waals surface area (Å²) >= 11 is 0. The predicted molar refractivity (Wildman–Crippen MR) is 119 cm³/mol. The number of carbonyl (C=O) groups is 1. The largest absolute Gasteiger partial charge is 0.491 e. The fourth-order valence-electron chi connectivity index (χ4n) is 3.37. The summed E-state index contributed by atoms with van der Waals surface area (Å²) in [6, 6.07) is 13.6. The fourth-order valence-corrected chi connectivity index (χ4v) is 3.37. The maximum atomic E-state index is 13.3. The van der Waals surface area contributed by atoms with E-state index in [0.717, 1.165) is 11.2 Å². The topological polar surface area (TPSA) is 59.0 Å². The van der Waals surface area contributed by atoms with Crippen LogP contribution in [0.25, 0.3) is 0 Å². The van der Waals surface area contributed by atoms with Crippen LogP contribution in [0.3, 0.4) is 0 Å².